The zero-order valence-electron chi connectivity index (χ0n) is 16.0. The number of aryl methyl sites for hydroxylation is 1. The molecule has 2 aromatic heterocycles. The highest BCUT2D eigenvalue weighted by Crippen LogP contribution is 2.20. The normalized spacial score (nSPS) is 10.5. The molecule has 0 radical (unpaired) electrons. The summed E-state index contributed by atoms with van der Waals surface area (Å²) >= 11 is 5.85. The van der Waals surface area contributed by atoms with Gasteiger partial charge in [-0.3, -0.25) is 4.57 Å². The summed E-state index contributed by atoms with van der Waals surface area (Å²) in [5, 5.41) is 9.39. The summed E-state index contributed by atoms with van der Waals surface area (Å²) in [7, 11) is 0. The molecule has 0 unspecified atom stereocenters. The summed E-state index contributed by atoms with van der Waals surface area (Å²) in [6.45, 7) is 1.83. The molecule has 9 heteroatoms. The first-order valence-electron chi connectivity index (χ1n) is 9.10. The van der Waals surface area contributed by atoms with Crippen molar-refractivity contribution in [2.24, 2.45) is 0 Å². The predicted molar refractivity (Wildman–Crippen MR) is 118 cm³/mol. The largest absolute Gasteiger partial charge is 0.340 e. The molecule has 0 saturated heterocycles. The number of nitrogens with one attached hydrogen (secondary N) is 3. The number of hydrogen-bond donors (Lipinski definition) is 3. The number of imidazole rings is 1. The maximum atomic E-state index is 12.1. The van der Waals surface area contributed by atoms with Gasteiger partial charge in [0.15, 0.2) is 0 Å². The topological polar surface area (TPSA) is 96.8 Å². The van der Waals surface area contributed by atoms with Crippen molar-refractivity contribution in [3.8, 4) is 5.82 Å². The highest BCUT2D eigenvalue weighted by Gasteiger charge is 2.06. The van der Waals surface area contributed by atoms with E-state index in [1.807, 2.05) is 35.9 Å². The fourth-order valence-corrected chi connectivity index (χ4v) is 2.88. The van der Waals surface area contributed by atoms with Crippen LogP contribution in [-0.2, 0) is 0 Å². The molecular weight excluding hydrogens is 402 g/mol. The first kappa shape index (κ1) is 19.4. The molecule has 0 spiro atoms. The average molecular weight is 420 g/mol. The third kappa shape index (κ3) is 4.92. The van der Waals surface area contributed by atoms with Crippen LogP contribution in [0.1, 0.15) is 5.82 Å². The summed E-state index contributed by atoms with van der Waals surface area (Å²) in [6.07, 6.45) is 5.20. The van der Waals surface area contributed by atoms with Crippen molar-refractivity contribution in [2.45, 2.75) is 6.92 Å². The number of urea groups is 1. The quantitative estimate of drug-likeness (QED) is 0.422. The predicted octanol–water partition coefficient (Wildman–Crippen LogP) is 5.01. The minimum atomic E-state index is -0.338. The number of nitrogens with zero attached hydrogens (tertiary/aromatic N) is 4. The monoisotopic (exact) mass is 419 g/mol. The van der Waals surface area contributed by atoms with Crippen molar-refractivity contribution in [2.75, 3.05) is 16.0 Å². The Bertz CT molecular complexity index is 1140. The Balaban J connectivity index is 1.40. The van der Waals surface area contributed by atoms with E-state index < -0.39 is 0 Å². The number of aromatic nitrogens is 4. The van der Waals surface area contributed by atoms with E-state index in [2.05, 4.69) is 30.9 Å². The SMILES string of the molecule is Cc1nc(Nc2ccc(NC(=O)Nc3ccc(Cl)cc3)cc2)cc(-n2ccnc2)n1. The maximum absolute atomic E-state index is 12.1. The van der Waals surface area contributed by atoms with Gasteiger partial charge in [0.05, 0.1) is 0 Å². The van der Waals surface area contributed by atoms with Crippen LogP contribution in [0.5, 0.6) is 0 Å². The number of carbonyl (C=O) groups excluding carboxylic acids is 1. The third-order valence-corrected chi connectivity index (χ3v) is 4.36. The molecule has 0 bridgehead atoms. The van der Waals surface area contributed by atoms with Crippen molar-refractivity contribution >= 4 is 40.5 Å². The smallest absolute Gasteiger partial charge is 0.323 e. The van der Waals surface area contributed by atoms with Crippen LogP contribution in [0.3, 0.4) is 0 Å². The molecule has 0 atom stereocenters. The minimum absolute atomic E-state index is 0.338. The van der Waals surface area contributed by atoms with E-state index >= 15 is 0 Å². The first-order chi connectivity index (χ1) is 14.5. The van der Waals surface area contributed by atoms with E-state index in [-0.39, 0.29) is 6.03 Å². The van der Waals surface area contributed by atoms with E-state index in [0.717, 1.165) is 11.5 Å². The fourth-order valence-electron chi connectivity index (χ4n) is 2.75. The van der Waals surface area contributed by atoms with Gasteiger partial charge in [0.1, 0.15) is 23.8 Å². The molecule has 4 aromatic rings. The lowest BCUT2D eigenvalue weighted by Gasteiger charge is -2.11. The van der Waals surface area contributed by atoms with Gasteiger partial charge in [-0.1, -0.05) is 11.6 Å². The molecule has 2 heterocycles. The molecule has 150 valence electrons. The zero-order valence-corrected chi connectivity index (χ0v) is 16.8. The molecule has 0 aliphatic rings. The summed E-state index contributed by atoms with van der Waals surface area (Å²) in [6, 6.07) is 15.7. The van der Waals surface area contributed by atoms with E-state index in [1.165, 1.54) is 0 Å². The summed E-state index contributed by atoms with van der Waals surface area (Å²) < 4.78 is 1.81. The van der Waals surface area contributed by atoms with E-state index in [4.69, 9.17) is 11.6 Å². The van der Waals surface area contributed by atoms with Gasteiger partial charge in [0.2, 0.25) is 0 Å². The van der Waals surface area contributed by atoms with Crippen LogP contribution < -0.4 is 16.0 Å². The standard InChI is InChI=1S/C21H18ClN7O/c1-14-24-19(12-20(25-14)29-11-10-23-13-29)26-16-6-8-18(9-7-16)28-21(30)27-17-4-2-15(22)3-5-17/h2-13H,1H3,(H,24,25,26)(H2,27,28,30). The van der Waals surface area contributed by atoms with Crippen molar-refractivity contribution in [1.29, 1.82) is 0 Å². The van der Waals surface area contributed by atoms with E-state index in [9.17, 15) is 4.79 Å². The lowest BCUT2D eigenvalue weighted by atomic mass is 10.2. The van der Waals surface area contributed by atoms with Crippen LogP contribution in [0, 0.1) is 6.92 Å². The Morgan fingerprint density at radius 2 is 1.57 bits per heavy atom. The summed E-state index contributed by atoms with van der Waals surface area (Å²) in [4.78, 5) is 25.0. The van der Waals surface area contributed by atoms with E-state index in [0.29, 0.717) is 28.0 Å². The maximum Gasteiger partial charge on any atom is 0.323 e. The molecule has 0 aliphatic heterocycles. The highest BCUT2D eigenvalue weighted by molar-refractivity contribution is 6.30. The van der Waals surface area contributed by atoms with Gasteiger partial charge in [0.25, 0.3) is 0 Å². The van der Waals surface area contributed by atoms with Gasteiger partial charge in [-0.05, 0) is 55.5 Å². The molecule has 3 N–H and O–H groups in total. The van der Waals surface area contributed by atoms with Crippen molar-refractivity contribution < 1.29 is 4.79 Å². The molecule has 4 rings (SSSR count). The van der Waals surface area contributed by atoms with Crippen LogP contribution in [-0.4, -0.2) is 25.6 Å². The summed E-state index contributed by atoms with van der Waals surface area (Å²) in [5.41, 5.74) is 2.14. The van der Waals surface area contributed by atoms with Gasteiger partial charge >= 0.3 is 6.03 Å². The second kappa shape index (κ2) is 8.62. The Morgan fingerprint density at radius 3 is 2.20 bits per heavy atom. The highest BCUT2D eigenvalue weighted by atomic mass is 35.5. The number of rotatable bonds is 5. The molecule has 0 fully saturated rings. The first-order valence-corrected chi connectivity index (χ1v) is 9.48. The van der Waals surface area contributed by atoms with Gasteiger partial charge in [-0.25, -0.2) is 19.7 Å². The average Bonchev–Trinajstić information content (AvgIpc) is 3.26. The van der Waals surface area contributed by atoms with Crippen molar-refractivity contribution in [3.63, 3.8) is 0 Å². The molecule has 8 nitrogen and oxygen atoms in total. The van der Waals surface area contributed by atoms with Gasteiger partial charge in [-0.2, -0.15) is 0 Å². The lowest BCUT2D eigenvalue weighted by molar-refractivity contribution is 0.262. The zero-order chi connectivity index (χ0) is 20.9. The number of amides is 2. The molecular formula is C21H18ClN7O. The molecule has 2 aromatic carbocycles. The Hall–Kier alpha value is -3.91. The van der Waals surface area contributed by atoms with Crippen LogP contribution in [0.2, 0.25) is 5.02 Å². The van der Waals surface area contributed by atoms with Crippen LogP contribution in [0.4, 0.5) is 27.7 Å². The van der Waals surface area contributed by atoms with Crippen molar-refractivity contribution in [3.05, 3.63) is 84.2 Å². The molecule has 30 heavy (non-hydrogen) atoms. The third-order valence-electron chi connectivity index (χ3n) is 4.11. The fraction of sp³-hybridized carbons (Fsp3) is 0.0476. The van der Waals surface area contributed by atoms with Crippen LogP contribution >= 0.6 is 11.6 Å². The van der Waals surface area contributed by atoms with Gasteiger partial charge < -0.3 is 16.0 Å². The minimum Gasteiger partial charge on any atom is -0.340 e. The second-order valence-corrected chi connectivity index (χ2v) is 6.85. The van der Waals surface area contributed by atoms with E-state index in [1.54, 1.807) is 48.9 Å². The molecule has 0 saturated carbocycles. The number of anilines is 4. The Morgan fingerprint density at radius 1 is 0.933 bits per heavy atom. The Kier molecular flexibility index (Phi) is 5.58. The molecule has 2 amide bonds. The van der Waals surface area contributed by atoms with Crippen LogP contribution in [0.15, 0.2) is 73.3 Å². The second-order valence-electron chi connectivity index (χ2n) is 6.42. The van der Waals surface area contributed by atoms with Crippen molar-refractivity contribution in [1.82, 2.24) is 19.5 Å². The number of carbonyl (C=O) groups is 1. The van der Waals surface area contributed by atoms with Gasteiger partial charge in [0, 0.05) is 40.5 Å². The Labute approximate surface area is 178 Å². The lowest BCUT2D eigenvalue weighted by Crippen LogP contribution is -2.19. The summed E-state index contributed by atoms with van der Waals surface area (Å²) in [5.74, 6) is 2.02. The number of hydrogen-bond acceptors (Lipinski definition) is 5. The van der Waals surface area contributed by atoms with Gasteiger partial charge in [-0.15, -0.1) is 0 Å². The number of halogens is 1. The van der Waals surface area contributed by atoms with Crippen LogP contribution in [0.25, 0.3) is 5.82 Å². The number of benzene rings is 2. The molecule has 0 aliphatic carbocycles.